The number of anilines is 1. The third-order valence-corrected chi connectivity index (χ3v) is 2.88. The van der Waals surface area contributed by atoms with Crippen LogP contribution in [-0.4, -0.2) is 25.0 Å². The van der Waals surface area contributed by atoms with E-state index in [1.54, 1.807) is 4.57 Å². The van der Waals surface area contributed by atoms with Gasteiger partial charge in [0.05, 0.1) is 0 Å². The molecule has 94 valence electrons. The third kappa shape index (κ3) is 1.33. The van der Waals surface area contributed by atoms with Crippen LogP contribution in [0, 0.1) is 0 Å². The average Bonchev–Trinajstić information content (AvgIpc) is 2.61. The molecule has 0 atom stereocenters. The Morgan fingerprint density at radius 2 is 2.00 bits per heavy atom. The molecule has 0 spiro atoms. The van der Waals surface area contributed by atoms with Crippen molar-refractivity contribution in [2.75, 3.05) is 5.43 Å². The number of aryl methyl sites for hydroxylation is 2. The summed E-state index contributed by atoms with van der Waals surface area (Å²) in [4.78, 5) is 40.9. The number of nitrogens with zero attached hydrogens (tertiary/aromatic N) is 3. The van der Waals surface area contributed by atoms with Crippen LogP contribution >= 0.6 is 0 Å². The van der Waals surface area contributed by atoms with E-state index in [0.29, 0.717) is 12.5 Å². The van der Waals surface area contributed by atoms with Gasteiger partial charge in [0.2, 0.25) is 11.9 Å². The minimum atomic E-state index is -0.523. The molecule has 3 heterocycles. The van der Waals surface area contributed by atoms with Crippen LogP contribution < -0.4 is 22.1 Å². The summed E-state index contributed by atoms with van der Waals surface area (Å²) in [5.41, 5.74) is 4.59. The number of amides is 1. The van der Waals surface area contributed by atoms with Crippen LogP contribution in [0.5, 0.6) is 0 Å². The Bertz CT molecular complexity index is 767. The molecule has 0 fully saturated rings. The smallest absolute Gasteiger partial charge is 0.302 e. The van der Waals surface area contributed by atoms with Gasteiger partial charge < -0.3 is 4.57 Å². The molecule has 0 saturated heterocycles. The predicted molar refractivity (Wildman–Crippen MR) is 62.0 cm³/mol. The van der Waals surface area contributed by atoms with E-state index in [4.69, 9.17) is 0 Å². The second-order valence-electron chi connectivity index (χ2n) is 4.00. The predicted octanol–water partition coefficient (Wildman–Crippen LogP) is -1.73. The second-order valence-corrected chi connectivity index (χ2v) is 4.00. The van der Waals surface area contributed by atoms with E-state index >= 15 is 0 Å². The summed E-state index contributed by atoms with van der Waals surface area (Å²) >= 11 is 0. The SMILES string of the molecule is Cn1c(=O)[nH]c(=O)c2c1nc1n2CCC(=O)NN1. The van der Waals surface area contributed by atoms with Crippen molar-refractivity contribution in [3.05, 3.63) is 20.8 Å². The van der Waals surface area contributed by atoms with Crippen molar-refractivity contribution in [3.8, 4) is 0 Å². The Morgan fingerprint density at radius 1 is 1.22 bits per heavy atom. The van der Waals surface area contributed by atoms with E-state index in [0.717, 1.165) is 0 Å². The lowest BCUT2D eigenvalue weighted by atomic mass is 10.4. The van der Waals surface area contributed by atoms with Crippen molar-refractivity contribution in [3.63, 3.8) is 0 Å². The monoisotopic (exact) mass is 250 g/mol. The molecule has 1 aliphatic rings. The Morgan fingerprint density at radius 3 is 2.78 bits per heavy atom. The highest BCUT2D eigenvalue weighted by Crippen LogP contribution is 2.16. The topological polar surface area (TPSA) is 114 Å². The number of carbonyl (C=O) groups is 1. The molecule has 0 saturated carbocycles. The molecule has 2 aromatic rings. The molecule has 0 unspecified atom stereocenters. The Kier molecular flexibility index (Phi) is 2.03. The summed E-state index contributed by atoms with van der Waals surface area (Å²) in [7, 11) is 1.52. The molecule has 1 amide bonds. The van der Waals surface area contributed by atoms with Crippen LogP contribution in [-0.2, 0) is 18.4 Å². The number of carbonyl (C=O) groups excluding carboxylic acids is 1. The Labute approximate surface area is 99.4 Å². The van der Waals surface area contributed by atoms with Gasteiger partial charge in [-0.15, -0.1) is 0 Å². The zero-order valence-electron chi connectivity index (χ0n) is 9.48. The highest BCUT2D eigenvalue weighted by atomic mass is 16.2. The maximum atomic E-state index is 11.8. The molecule has 0 aliphatic carbocycles. The van der Waals surface area contributed by atoms with E-state index < -0.39 is 11.2 Å². The number of nitrogens with one attached hydrogen (secondary N) is 3. The first-order valence-electron chi connectivity index (χ1n) is 5.32. The zero-order chi connectivity index (χ0) is 12.9. The molecule has 2 aromatic heterocycles. The fourth-order valence-corrected chi connectivity index (χ4v) is 1.95. The molecule has 0 bridgehead atoms. The number of aromatic amines is 1. The summed E-state index contributed by atoms with van der Waals surface area (Å²) in [5, 5.41) is 0. The van der Waals surface area contributed by atoms with E-state index in [2.05, 4.69) is 20.8 Å². The van der Waals surface area contributed by atoms with Crippen molar-refractivity contribution in [1.29, 1.82) is 0 Å². The molecule has 3 rings (SSSR count). The molecular weight excluding hydrogens is 240 g/mol. The number of hydrogen-bond donors (Lipinski definition) is 3. The van der Waals surface area contributed by atoms with E-state index in [1.165, 1.54) is 11.6 Å². The lowest BCUT2D eigenvalue weighted by molar-refractivity contribution is -0.120. The van der Waals surface area contributed by atoms with Crippen LogP contribution in [0.4, 0.5) is 5.95 Å². The number of H-pyrrole nitrogens is 1. The van der Waals surface area contributed by atoms with Gasteiger partial charge >= 0.3 is 5.69 Å². The number of aromatic nitrogens is 4. The Hall–Kier alpha value is -2.58. The summed E-state index contributed by atoms with van der Waals surface area (Å²) < 4.78 is 2.83. The van der Waals surface area contributed by atoms with Crippen molar-refractivity contribution in [1.82, 2.24) is 24.5 Å². The molecule has 3 N–H and O–H groups in total. The fourth-order valence-electron chi connectivity index (χ4n) is 1.95. The van der Waals surface area contributed by atoms with Gasteiger partial charge in [-0.1, -0.05) is 0 Å². The largest absolute Gasteiger partial charge is 0.329 e. The first kappa shape index (κ1) is 10.6. The molecule has 9 nitrogen and oxygen atoms in total. The maximum absolute atomic E-state index is 11.8. The van der Waals surface area contributed by atoms with Crippen molar-refractivity contribution in [2.24, 2.45) is 7.05 Å². The first-order chi connectivity index (χ1) is 8.58. The third-order valence-electron chi connectivity index (χ3n) is 2.88. The van der Waals surface area contributed by atoms with E-state index in [-0.39, 0.29) is 23.5 Å². The van der Waals surface area contributed by atoms with Crippen molar-refractivity contribution < 1.29 is 4.79 Å². The molecule has 9 heteroatoms. The van der Waals surface area contributed by atoms with Crippen LogP contribution in [0.15, 0.2) is 9.59 Å². The summed E-state index contributed by atoms with van der Waals surface area (Å²) in [6, 6.07) is 0. The van der Waals surface area contributed by atoms with Crippen LogP contribution in [0.2, 0.25) is 0 Å². The quantitative estimate of drug-likeness (QED) is 0.514. The van der Waals surface area contributed by atoms with E-state index in [9.17, 15) is 14.4 Å². The normalized spacial score (nSPS) is 14.8. The lowest BCUT2D eigenvalue weighted by Gasteiger charge is -2.02. The van der Waals surface area contributed by atoms with E-state index in [1.807, 2.05) is 0 Å². The van der Waals surface area contributed by atoms with Crippen molar-refractivity contribution in [2.45, 2.75) is 13.0 Å². The molecular formula is C9H10N6O3. The highest BCUT2D eigenvalue weighted by Gasteiger charge is 2.20. The van der Waals surface area contributed by atoms with Gasteiger partial charge in [0, 0.05) is 20.0 Å². The number of hydrogen-bond acceptors (Lipinski definition) is 5. The minimum absolute atomic E-state index is 0.185. The molecule has 1 aliphatic heterocycles. The van der Waals surface area contributed by atoms with Gasteiger partial charge in [-0.25, -0.2) is 4.79 Å². The van der Waals surface area contributed by atoms with Gasteiger partial charge in [-0.2, -0.15) is 4.98 Å². The minimum Gasteiger partial charge on any atom is -0.302 e. The average molecular weight is 250 g/mol. The van der Waals surface area contributed by atoms with Gasteiger partial charge in [-0.3, -0.25) is 30.0 Å². The van der Waals surface area contributed by atoms with Gasteiger partial charge in [0.15, 0.2) is 11.2 Å². The second kappa shape index (κ2) is 3.45. The van der Waals surface area contributed by atoms with Crippen LogP contribution in [0.1, 0.15) is 6.42 Å². The van der Waals surface area contributed by atoms with Crippen LogP contribution in [0.3, 0.4) is 0 Å². The standard InChI is InChI=1S/C9H10N6O3/c1-14-6-5(7(17)11-9(14)18)15-3-2-4(16)12-13-8(15)10-6/h2-3H2,1H3,(H,10,13)(H,12,16)(H,11,17,18). The first-order valence-corrected chi connectivity index (χ1v) is 5.32. The number of fused-ring (bicyclic) bond motifs is 3. The van der Waals surface area contributed by atoms with Gasteiger partial charge in [0.25, 0.3) is 5.56 Å². The summed E-state index contributed by atoms with van der Waals surface area (Å²) in [5.74, 6) is 0.150. The number of imidazole rings is 1. The zero-order valence-corrected chi connectivity index (χ0v) is 9.48. The lowest BCUT2D eigenvalue weighted by Crippen LogP contribution is -2.29. The molecule has 0 radical (unpaired) electrons. The van der Waals surface area contributed by atoms with Crippen LogP contribution in [0.25, 0.3) is 11.2 Å². The Balaban J connectivity index is 2.37. The van der Waals surface area contributed by atoms with Gasteiger partial charge in [-0.05, 0) is 0 Å². The fraction of sp³-hybridized carbons (Fsp3) is 0.333. The highest BCUT2D eigenvalue weighted by molar-refractivity contribution is 5.80. The number of rotatable bonds is 0. The van der Waals surface area contributed by atoms with Crippen molar-refractivity contribution >= 4 is 23.0 Å². The maximum Gasteiger partial charge on any atom is 0.329 e. The number of hydrazine groups is 1. The summed E-state index contributed by atoms with van der Waals surface area (Å²) in [6.07, 6.45) is 0.230. The molecule has 18 heavy (non-hydrogen) atoms. The molecule has 0 aromatic carbocycles. The van der Waals surface area contributed by atoms with Gasteiger partial charge in [0.1, 0.15) is 0 Å². The summed E-state index contributed by atoms with van der Waals surface area (Å²) in [6.45, 7) is 0.325.